The number of unbranched alkanes of at least 4 members (excludes halogenated alkanes) is 2. The van der Waals surface area contributed by atoms with E-state index < -0.39 is 0 Å². The fourth-order valence-electron chi connectivity index (χ4n) is 2.16. The lowest BCUT2D eigenvalue weighted by Crippen LogP contribution is -2.10. The van der Waals surface area contributed by atoms with Gasteiger partial charge in [-0.1, -0.05) is 75.6 Å². The summed E-state index contributed by atoms with van der Waals surface area (Å²) in [4.78, 5) is 0. The van der Waals surface area contributed by atoms with Crippen LogP contribution in [-0.4, -0.2) is 13.8 Å². The number of allylic oxidation sites excluding steroid dienone is 9. The lowest BCUT2D eigenvalue weighted by atomic mass is 10.0. The molecule has 0 atom stereocenters. The van der Waals surface area contributed by atoms with E-state index in [4.69, 9.17) is 5.41 Å². The SMILES string of the molecule is C=C(C)\C(=C/C=C(C)/C(C)=C/C=C\C)C(NC)=C(C)C.C=N.CCCCC. The molecule has 0 amide bonds. The monoisotopic (exact) mass is 372 g/mol. The Morgan fingerprint density at radius 1 is 0.889 bits per heavy atom. The maximum absolute atomic E-state index is 5.50. The van der Waals surface area contributed by atoms with Crippen molar-refractivity contribution in [3.8, 4) is 0 Å². The summed E-state index contributed by atoms with van der Waals surface area (Å²) >= 11 is 0. The third-order valence-corrected chi connectivity index (χ3v) is 3.85. The van der Waals surface area contributed by atoms with Gasteiger partial charge in [0, 0.05) is 12.7 Å². The molecule has 0 aliphatic carbocycles. The van der Waals surface area contributed by atoms with E-state index in [0.717, 1.165) is 16.8 Å². The predicted octanol–water partition coefficient (Wildman–Crippen LogP) is 7.93. The highest BCUT2D eigenvalue weighted by atomic mass is 14.8. The van der Waals surface area contributed by atoms with Crippen LogP contribution in [0.5, 0.6) is 0 Å². The number of hydrogen-bond donors (Lipinski definition) is 2. The van der Waals surface area contributed by atoms with Crippen molar-refractivity contribution in [2.45, 2.75) is 74.7 Å². The molecule has 0 saturated carbocycles. The van der Waals surface area contributed by atoms with E-state index in [1.54, 1.807) is 0 Å². The van der Waals surface area contributed by atoms with Gasteiger partial charge in [0.2, 0.25) is 0 Å². The van der Waals surface area contributed by atoms with Gasteiger partial charge in [-0.15, -0.1) is 0 Å². The zero-order valence-corrected chi connectivity index (χ0v) is 19.4. The van der Waals surface area contributed by atoms with Gasteiger partial charge in [0.1, 0.15) is 0 Å². The van der Waals surface area contributed by atoms with Crippen LogP contribution in [0.15, 0.2) is 70.5 Å². The molecule has 0 saturated heterocycles. The van der Waals surface area contributed by atoms with Crippen molar-refractivity contribution < 1.29 is 0 Å². The highest BCUT2D eigenvalue weighted by Crippen LogP contribution is 2.20. The van der Waals surface area contributed by atoms with Gasteiger partial charge in [0.05, 0.1) is 0 Å². The van der Waals surface area contributed by atoms with Crippen molar-refractivity contribution >= 4 is 6.72 Å². The second kappa shape index (κ2) is 20.2. The minimum atomic E-state index is 1.06. The third-order valence-electron chi connectivity index (χ3n) is 3.85. The first kappa shape index (κ1) is 29.7. The Balaban J connectivity index is -0.000000705. The van der Waals surface area contributed by atoms with Gasteiger partial charge in [0.15, 0.2) is 0 Å². The molecule has 0 aromatic rings. The van der Waals surface area contributed by atoms with E-state index in [1.807, 2.05) is 27.0 Å². The lowest BCUT2D eigenvalue weighted by Gasteiger charge is -2.14. The number of nitrogens with one attached hydrogen (secondary N) is 2. The molecule has 0 heterocycles. The Morgan fingerprint density at radius 2 is 1.37 bits per heavy atom. The van der Waals surface area contributed by atoms with Crippen LogP contribution < -0.4 is 5.32 Å². The third kappa shape index (κ3) is 15.9. The summed E-state index contributed by atoms with van der Waals surface area (Å²) in [5.41, 5.74) is 7.15. The van der Waals surface area contributed by atoms with E-state index in [0.29, 0.717) is 0 Å². The van der Waals surface area contributed by atoms with Crippen molar-refractivity contribution in [1.82, 2.24) is 5.32 Å². The Bertz CT molecular complexity index is 549. The highest BCUT2D eigenvalue weighted by molar-refractivity contribution is 5.48. The summed E-state index contributed by atoms with van der Waals surface area (Å²) in [6.45, 7) is 23.5. The van der Waals surface area contributed by atoms with E-state index in [2.05, 4.69) is 84.5 Å². The quantitative estimate of drug-likeness (QED) is 0.329. The summed E-state index contributed by atoms with van der Waals surface area (Å²) in [5.74, 6) is 0. The van der Waals surface area contributed by atoms with Crippen LogP contribution in [0.25, 0.3) is 0 Å². The van der Waals surface area contributed by atoms with Gasteiger partial charge >= 0.3 is 0 Å². The number of likely N-dealkylation sites (N-methyl/N-ethyl adjacent to an activating group) is 1. The topological polar surface area (TPSA) is 35.9 Å². The normalized spacial score (nSPS) is 11.8. The molecule has 0 aliphatic heterocycles. The standard InChI is InChI=1S/C19H29N.C5H12.CH3N/c1-9-10-11-16(6)17(7)12-13-18(14(2)3)19(20-8)15(4)5;1-3-5-4-2;1-2/h9-13,20H,2H2,1,3-8H3;3-5H2,1-2H3;2H,1H2/b10-9-,16-11+,17-12+,18-13+;;. The Morgan fingerprint density at radius 3 is 1.67 bits per heavy atom. The molecular formula is C25H44N2. The molecule has 0 aliphatic rings. The molecule has 2 N–H and O–H groups in total. The molecule has 154 valence electrons. The van der Waals surface area contributed by atoms with Gasteiger partial charge in [0.25, 0.3) is 0 Å². The molecule has 0 aromatic carbocycles. The largest absolute Gasteiger partial charge is 0.388 e. The molecule has 0 radical (unpaired) electrons. The van der Waals surface area contributed by atoms with Crippen LogP contribution in [0.3, 0.4) is 0 Å². The minimum absolute atomic E-state index is 1.06. The fraction of sp³-hybridized carbons (Fsp3) is 0.480. The van der Waals surface area contributed by atoms with Crippen LogP contribution in [0, 0.1) is 5.41 Å². The summed E-state index contributed by atoms with van der Waals surface area (Å²) in [7, 11) is 1.95. The average molecular weight is 373 g/mol. The van der Waals surface area contributed by atoms with Gasteiger partial charge in [-0.05, 0) is 70.6 Å². The first-order valence-electron chi connectivity index (χ1n) is 9.81. The zero-order chi connectivity index (χ0) is 21.8. The zero-order valence-electron chi connectivity index (χ0n) is 19.4. The van der Waals surface area contributed by atoms with Gasteiger partial charge < -0.3 is 10.7 Å². The van der Waals surface area contributed by atoms with Crippen LogP contribution in [0.1, 0.15) is 74.7 Å². The van der Waals surface area contributed by atoms with Crippen LogP contribution in [0.4, 0.5) is 0 Å². The van der Waals surface area contributed by atoms with Crippen LogP contribution in [-0.2, 0) is 0 Å². The first-order valence-corrected chi connectivity index (χ1v) is 9.81. The number of rotatable bonds is 8. The van der Waals surface area contributed by atoms with Gasteiger partial charge in [-0.3, -0.25) is 0 Å². The molecule has 0 unspecified atom stereocenters. The van der Waals surface area contributed by atoms with Crippen LogP contribution >= 0.6 is 0 Å². The van der Waals surface area contributed by atoms with E-state index >= 15 is 0 Å². The Kier molecular flexibility index (Phi) is 22.2. The molecule has 0 fully saturated rings. The first-order chi connectivity index (χ1) is 12.8. The smallest absolute Gasteiger partial charge is 0.0399 e. The second-order valence-electron chi connectivity index (χ2n) is 6.56. The lowest BCUT2D eigenvalue weighted by molar-refractivity contribution is 0.772. The van der Waals surface area contributed by atoms with E-state index in [9.17, 15) is 0 Å². The summed E-state index contributed by atoms with van der Waals surface area (Å²) < 4.78 is 0. The number of hydrogen-bond acceptors (Lipinski definition) is 2. The molecule has 0 aromatic heterocycles. The minimum Gasteiger partial charge on any atom is -0.388 e. The molecule has 2 nitrogen and oxygen atoms in total. The van der Waals surface area contributed by atoms with Gasteiger partial charge in [-0.25, -0.2) is 0 Å². The fourth-order valence-corrected chi connectivity index (χ4v) is 2.16. The van der Waals surface area contributed by atoms with Crippen LogP contribution in [0.2, 0.25) is 0 Å². The molecular weight excluding hydrogens is 328 g/mol. The van der Waals surface area contributed by atoms with Crippen molar-refractivity contribution in [3.63, 3.8) is 0 Å². The Labute approximate surface area is 170 Å². The maximum atomic E-state index is 5.50. The maximum Gasteiger partial charge on any atom is 0.0399 e. The average Bonchev–Trinajstić information content (AvgIpc) is 2.64. The van der Waals surface area contributed by atoms with Crippen molar-refractivity contribution in [2.24, 2.45) is 0 Å². The van der Waals surface area contributed by atoms with Crippen molar-refractivity contribution in [3.05, 3.63) is 70.5 Å². The molecule has 0 spiro atoms. The summed E-state index contributed by atoms with van der Waals surface area (Å²) in [5, 5.41) is 8.77. The Hall–Kier alpha value is -2.09. The molecule has 0 bridgehead atoms. The van der Waals surface area contributed by atoms with E-state index in [1.165, 1.54) is 36.0 Å². The molecule has 0 rings (SSSR count). The molecule has 2 heteroatoms. The summed E-state index contributed by atoms with van der Waals surface area (Å²) in [6, 6.07) is 0. The summed E-state index contributed by atoms with van der Waals surface area (Å²) in [6.07, 6.45) is 14.6. The second-order valence-corrected chi connectivity index (χ2v) is 6.56. The highest BCUT2D eigenvalue weighted by Gasteiger charge is 2.05. The van der Waals surface area contributed by atoms with Crippen molar-refractivity contribution in [1.29, 1.82) is 5.41 Å². The van der Waals surface area contributed by atoms with Gasteiger partial charge in [-0.2, -0.15) is 0 Å². The predicted molar refractivity (Wildman–Crippen MR) is 128 cm³/mol. The molecule has 27 heavy (non-hydrogen) atoms. The van der Waals surface area contributed by atoms with E-state index in [-0.39, 0.29) is 0 Å². The van der Waals surface area contributed by atoms with Crippen molar-refractivity contribution in [2.75, 3.05) is 7.05 Å².